The van der Waals surface area contributed by atoms with Crippen LogP contribution in [0, 0.1) is 0 Å². The smallest absolute Gasteiger partial charge is 0.255 e. The lowest BCUT2D eigenvalue weighted by atomic mass is 10.1. The zero-order valence-electron chi connectivity index (χ0n) is 17.3. The number of nitrogens with zero attached hydrogens (tertiary/aromatic N) is 1. The Morgan fingerprint density at radius 3 is 2.40 bits per heavy atom. The van der Waals surface area contributed by atoms with Crippen LogP contribution in [0.2, 0.25) is 0 Å². The molecule has 1 aliphatic rings. The molecular formula is C25H28N3O2+. The number of rotatable bonds is 6. The Hall–Kier alpha value is -3.31. The number of carbonyl (C=O) groups excluding carboxylic acids is 1. The van der Waals surface area contributed by atoms with Gasteiger partial charge in [-0.25, -0.2) is 0 Å². The van der Waals surface area contributed by atoms with Crippen molar-refractivity contribution in [2.75, 3.05) is 43.5 Å². The minimum Gasteiger partial charge on any atom is -0.497 e. The second kappa shape index (κ2) is 9.46. The molecule has 0 atom stereocenters. The lowest BCUT2D eigenvalue weighted by Gasteiger charge is -2.33. The van der Waals surface area contributed by atoms with Gasteiger partial charge in [0.25, 0.3) is 5.91 Å². The SMILES string of the molecule is COc1cccc(C(=O)Nc2ccc(N3CC[NH+](Cc4ccccc4)CC3)cc2)c1. The van der Waals surface area contributed by atoms with Crippen LogP contribution >= 0.6 is 0 Å². The van der Waals surface area contributed by atoms with Crippen LogP contribution in [0.15, 0.2) is 78.9 Å². The van der Waals surface area contributed by atoms with Gasteiger partial charge in [0.2, 0.25) is 0 Å². The monoisotopic (exact) mass is 402 g/mol. The molecule has 0 aliphatic carbocycles. The van der Waals surface area contributed by atoms with E-state index < -0.39 is 0 Å². The lowest BCUT2D eigenvalue weighted by molar-refractivity contribution is -0.914. The normalized spacial score (nSPS) is 14.4. The zero-order chi connectivity index (χ0) is 20.8. The first-order valence-electron chi connectivity index (χ1n) is 10.4. The molecule has 0 saturated carbocycles. The van der Waals surface area contributed by atoms with Crippen LogP contribution in [0.4, 0.5) is 11.4 Å². The molecule has 3 aromatic rings. The summed E-state index contributed by atoms with van der Waals surface area (Å²) < 4.78 is 5.19. The van der Waals surface area contributed by atoms with Crippen molar-refractivity contribution >= 4 is 17.3 Å². The number of anilines is 2. The molecule has 2 N–H and O–H groups in total. The molecule has 1 saturated heterocycles. The number of hydrogen-bond donors (Lipinski definition) is 2. The van der Waals surface area contributed by atoms with Gasteiger partial charge in [0.05, 0.1) is 33.3 Å². The predicted octanol–water partition coefficient (Wildman–Crippen LogP) is 2.85. The molecule has 4 rings (SSSR count). The Balaban J connectivity index is 1.31. The van der Waals surface area contributed by atoms with Crippen molar-refractivity contribution in [3.63, 3.8) is 0 Å². The van der Waals surface area contributed by atoms with Gasteiger partial charge in [-0.05, 0) is 42.5 Å². The van der Waals surface area contributed by atoms with Crippen molar-refractivity contribution in [1.29, 1.82) is 0 Å². The van der Waals surface area contributed by atoms with E-state index in [1.54, 1.807) is 24.1 Å². The van der Waals surface area contributed by atoms with Crippen LogP contribution in [-0.2, 0) is 6.54 Å². The number of benzene rings is 3. The highest BCUT2D eigenvalue weighted by molar-refractivity contribution is 6.04. The maximum atomic E-state index is 12.5. The summed E-state index contributed by atoms with van der Waals surface area (Å²) in [6.45, 7) is 5.42. The standard InChI is InChI=1S/C25H27N3O2/c1-30-24-9-5-8-21(18-24)25(29)26-22-10-12-23(13-11-22)28-16-14-27(15-17-28)19-20-6-3-2-4-7-20/h2-13,18H,14-17,19H2,1H3,(H,26,29)/p+1. The lowest BCUT2D eigenvalue weighted by Crippen LogP contribution is -3.13. The quantitative estimate of drug-likeness (QED) is 0.667. The molecule has 0 unspecified atom stereocenters. The molecule has 0 aromatic heterocycles. The average Bonchev–Trinajstić information content (AvgIpc) is 2.81. The van der Waals surface area contributed by atoms with Crippen LogP contribution in [-0.4, -0.2) is 39.2 Å². The predicted molar refractivity (Wildman–Crippen MR) is 120 cm³/mol. The Kier molecular flexibility index (Phi) is 6.30. The van der Waals surface area contributed by atoms with Crippen LogP contribution < -0.4 is 19.9 Å². The first-order chi connectivity index (χ1) is 14.7. The van der Waals surface area contributed by atoms with Gasteiger partial charge >= 0.3 is 0 Å². The molecule has 0 bridgehead atoms. The molecule has 1 aliphatic heterocycles. The average molecular weight is 403 g/mol. The minimum atomic E-state index is -0.139. The van der Waals surface area contributed by atoms with Crippen LogP contribution in [0.1, 0.15) is 15.9 Å². The third kappa shape index (κ3) is 4.99. The van der Waals surface area contributed by atoms with Crippen LogP contribution in [0.3, 0.4) is 0 Å². The summed E-state index contributed by atoms with van der Waals surface area (Å²) in [6, 6.07) is 26.0. The fraction of sp³-hybridized carbons (Fsp3) is 0.240. The van der Waals surface area contributed by atoms with Crippen molar-refractivity contribution in [2.45, 2.75) is 6.54 Å². The molecule has 154 valence electrons. The molecule has 3 aromatic carbocycles. The second-order valence-corrected chi connectivity index (χ2v) is 7.63. The van der Waals surface area contributed by atoms with Crippen molar-refractivity contribution < 1.29 is 14.4 Å². The van der Waals surface area contributed by atoms with Gasteiger partial charge in [0.15, 0.2) is 0 Å². The summed E-state index contributed by atoms with van der Waals surface area (Å²) in [6.07, 6.45) is 0. The third-order valence-corrected chi connectivity index (χ3v) is 5.59. The minimum absolute atomic E-state index is 0.139. The number of carbonyl (C=O) groups is 1. The summed E-state index contributed by atoms with van der Waals surface area (Å²) in [5.41, 5.74) is 3.97. The highest BCUT2D eigenvalue weighted by Crippen LogP contribution is 2.19. The number of piperazine rings is 1. The highest BCUT2D eigenvalue weighted by Gasteiger charge is 2.20. The zero-order valence-corrected chi connectivity index (χ0v) is 17.3. The number of nitrogens with one attached hydrogen (secondary N) is 2. The molecule has 5 nitrogen and oxygen atoms in total. The van der Waals surface area contributed by atoms with E-state index in [2.05, 4.69) is 52.7 Å². The van der Waals surface area contributed by atoms with Gasteiger partial charge < -0.3 is 19.9 Å². The molecule has 0 spiro atoms. The summed E-state index contributed by atoms with van der Waals surface area (Å²) >= 11 is 0. The van der Waals surface area contributed by atoms with Crippen molar-refractivity contribution in [3.05, 3.63) is 90.0 Å². The molecule has 1 amide bonds. The van der Waals surface area contributed by atoms with E-state index in [9.17, 15) is 4.79 Å². The molecule has 0 radical (unpaired) electrons. The highest BCUT2D eigenvalue weighted by atomic mass is 16.5. The van der Waals surface area contributed by atoms with Crippen LogP contribution in [0.25, 0.3) is 0 Å². The Labute approximate surface area is 177 Å². The van der Waals surface area contributed by atoms with Gasteiger partial charge in [-0.2, -0.15) is 0 Å². The third-order valence-electron chi connectivity index (χ3n) is 5.59. The molecule has 5 heteroatoms. The van der Waals surface area contributed by atoms with Crippen molar-refractivity contribution in [2.24, 2.45) is 0 Å². The number of amides is 1. The van der Waals surface area contributed by atoms with Gasteiger partial charge in [-0.1, -0.05) is 36.4 Å². The number of ether oxygens (including phenoxy) is 1. The topological polar surface area (TPSA) is 46.0 Å². The van der Waals surface area contributed by atoms with E-state index in [4.69, 9.17) is 4.74 Å². The number of methoxy groups -OCH3 is 1. The molecule has 1 fully saturated rings. The maximum absolute atomic E-state index is 12.5. The fourth-order valence-corrected chi connectivity index (χ4v) is 3.87. The maximum Gasteiger partial charge on any atom is 0.255 e. The van der Waals surface area contributed by atoms with Gasteiger partial charge in [-0.3, -0.25) is 4.79 Å². The van der Waals surface area contributed by atoms with E-state index in [0.29, 0.717) is 11.3 Å². The first-order valence-corrected chi connectivity index (χ1v) is 10.4. The molecule has 30 heavy (non-hydrogen) atoms. The summed E-state index contributed by atoms with van der Waals surface area (Å²) in [5, 5.41) is 2.96. The van der Waals surface area contributed by atoms with E-state index >= 15 is 0 Å². The molecule has 1 heterocycles. The molecular weight excluding hydrogens is 374 g/mol. The fourth-order valence-electron chi connectivity index (χ4n) is 3.87. The first kappa shape index (κ1) is 20.0. The summed E-state index contributed by atoms with van der Waals surface area (Å²) in [4.78, 5) is 16.5. The van der Waals surface area contributed by atoms with Crippen LogP contribution in [0.5, 0.6) is 5.75 Å². The van der Waals surface area contributed by atoms with E-state index in [1.165, 1.54) is 11.3 Å². The Morgan fingerprint density at radius 2 is 1.70 bits per heavy atom. The van der Waals surface area contributed by atoms with E-state index in [0.717, 1.165) is 38.4 Å². The van der Waals surface area contributed by atoms with Gasteiger partial charge in [0, 0.05) is 22.5 Å². The van der Waals surface area contributed by atoms with Gasteiger partial charge in [-0.15, -0.1) is 0 Å². The number of quaternary nitrogens is 1. The summed E-state index contributed by atoms with van der Waals surface area (Å²) in [7, 11) is 1.60. The number of hydrogen-bond acceptors (Lipinski definition) is 3. The van der Waals surface area contributed by atoms with Crippen molar-refractivity contribution in [1.82, 2.24) is 0 Å². The van der Waals surface area contributed by atoms with Crippen molar-refractivity contribution in [3.8, 4) is 5.75 Å². The van der Waals surface area contributed by atoms with Gasteiger partial charge in [0.1, 0.15) is 12.3 Å². The van der Waals surface area contributed by atoms with E-state index in [1.807, 2.05) is 24.3 Å². The Morgan fingerprint density at radius 1 is 0.967 bits per heavy atom. The second-order valence-electron chi connectivity index (χ2n) is 7.63. The Bertz CT molecular complexity index is 965. The largest absolute Gasteiger partial charge is 0.497 e. The van der Waals surface area contributed by atoms with E-state index in [-0.39, 0.29) is 5.91 Å². The summed E-state index contributed by atoms with van der Waals surface area (Å²) in [5.74, 6) is 0.534.